The molecule has 1 fully saturated rings. The molecule has 1 aromatic heterocycles. The van der Waals surface area contributed by atoms with Crippen LogP contribution in [0.1, 0.15) is 5.76 Å². The molecule has 25 heavy (non-hydrogen) atoms. The van der Waals surface area contributed by atoms with Crippen LogP contribution in [0, 0.1) is 3.77 Å². The van der Waals surface area contributed by atoms with Crippen molar-refractivity contribution in [3.63, 3.8) is 0 Å². The van der Waals surface area contributed by atoms with Crippen LogP contribution in [-0.4, -0.2) is 24.6 Å². The fourth-order valence-corrected chi connectivity index (χ4v) is 2.90. The highest BCUT2D eigenvalue weighted by molar-refractivity contribution is 14.1. The highest BCUT2D eigenvalue weighted by Crippen LogP contribution is 2.36. The normalized spacial score (nSPS) is 18.0. The number of hydrogen-bond donors (Lipinski definition) is 1. The number of imide groups is 2. The maximum Gasteiger partial charge on any atom is 0.335 e. The van der Waals surface area contributed by atoms with Gasteiger partial charge in [-0.25, -0.2) is 9.69 Å². The second kappa shape index (κ2) is 5.92. The quantitative estimate of drug-likeness (QED) is 0.427. The third kappa shape index (κ3) is 2.76. The third-order valence-corrected chi connectivity index (χ3v) is 4.18. The van der Waals surface area contributed by atoms with E-state index in [1.54, 1.807) is 18.2 Å². The Kier molecular flexibility index (Phi) is 3.71. The van der Waals surface area contributed by atoms with Crippen molar-refractivity contribution in [3.8, 4) is 11.5 Å². The summed E-state index contributed by atoms with van der Waals surface area (Å²) in [6.45, 7) is 0.0691. The lowest BCUT2D eigenvalue weighted by Gasteiger charge is -2.26. The molecule has 1 saturated heterocycles. The van der Waals surface area contributed by atoms with Crippen LogP contribution < -0.4 is 19.7 Å². The van der Waals surface area contributed by atoms with Crippen molar-refractivity contribution < 1.29 is 28.3 Å². The molecule has 4 amide bonds. The molecule has 9 heteroatoms. The molecule has 0 atom stereocenters. The van der Waals surface area contributed by atoms with Crippen LogP contribution in [0.2, 0.25) is 0 Å². The number of furan rings is 1. The number of nitrogens with one attached hydrogen (secondary N) is 1. The Morgan fingerprint density at radius 1 is 1.08 bits per heavy atom. The molecule has 0 saturated carbocycles. The topological polar surface area (TPSA) is 98.1 Å². The molecule has 2 aromatic rings. The number of amides is 4. The van der Waals surface area contributed by atoms with Crippen LogP contribution >= 0.6 is 22.6 Å². The maximum absolute atomic E-state index is 12.7. The molecule has 8 nitrogen and oxygen atoms in total. The molecule has 0 spiro atoms. The molecule has 2 aliphatic heterocycles. The number of benzene rings is 1. The second-order valence-corrected chi connectivity index (χ2v) is 6.20. The Morgan fingerprint density at radius 3 is 2.64 bits per heavy atom. The lowest BCUT2D eigenvalue weighted by molar-refractivity contribution is -0.122. The van der Waals surface area contributed by atoms with Crippen molar-refractivity contribution in [1.82, 2.24) is 5.32 Å². The summed E-state index contributed by atoms with van der Waals surface area (Å²) in [6, 6.07) is 7.11. The third-order valence-electron chi connectivity index (χ3n) is 3.60. The van der Waals surface area contributed by atoms with E-state index in [0.717, 1.165) is 4.90 Å². The summed E-state index contributed by atoms with van der Waals surface area (Å²) in [7, 11) is 0. The van der Waals surface area contributed by atoms with Crippen LogP contribution in [0.25, 0.3) is 6.08 Å². The number of ether oxygens (including phenoxy) is 2. The summed E-state index contributed by atoms with van der Waals surface area (Å²) in [5.74, 6) is -0.257. The summed E-state index contributed by atoms with van der Waals surface area (Å²) in [4.78, 5) is 37.8. The highest BCUT2D eigenvalue weighted by atomic mass is 127. The van der Waals surface area contributed by atoms with Crippen LogP contribution in [0.5, 0.6) is 11.5 Å². The van der Waals surface area contributed by atoms with Crippen LogP contribution in [-0.2, 0) is 9.59 Å². The van der Waals surface area contributed by atoms with Crippen molar-refractivity contribution >= 4 is 52.2 Å². The van der Waals surface area contributed by atoms with E-state index < -0.39 is 17.8 Å². The predicted molar refractivity (Wildman–Crippen MR) is 93.0 cm³/mol. The first-order valence-electron chi connectivity index (χ1n) is 7.09. The van der Waals surface area contributed by atoms with Crippen LogP contribution in [0.15, 0.2) is 40.3 Å². The minimum atomic E-state index is -0.833. The first kappa shape index (κ1) is 15.7. The van der Waals surface area contributed by atoms with E-state index >= 15 is 0 Å². The maximum atomic E-state index is 12.7. The number of rotatable bonds is 2. The van der Waals surface area contributed by atoms with E-state index in [0.29, 0.717) is 21.0 Å². The molecule has 0 bridgehead atoms. The van der Waals surface area contributed by atoms with E-state index in [1.165, 1.54) is 18.2 Å². The van der Waals surface area contributed by atoms with Gasteiger partial charge >= 0.3 is 6.03 Å². The monoisotopic (exact) mass is 452 g/mol. The number of halogens is 1. The number of urea groups is 1. The predicted octanol–water partition coefficient (Wildman–Crippen LogP) is 2.28. The van der Waals surface area contributed by atoms with Gasteiger partial charge in [0.2, 0.25) is 6.79 Å². The van der Waals surface area contributed by atoms with Gasteiger partial charge < -0.3 is 13.9 Å². The van der Waals surface area contributed by atoms with Gasteiger partial charge in [0, 0.05) is 6.07 Å². The van der Waals surface area contributed by atoms with Gasteiger partial charge in [-0.1, -0.05) is 0 Å². The zero-order valence-electron chi connectivity index (χ0n) is 12.4. The lowest BCUT2D eigenvalue weighted by Crippen LogP contribution is -2.54. The number of fused-ring (bicyclic) bond motifs is 1. The van der Waals surface area contributed by atoms with Gasteiger partial charge in [0.1, 0.15) is 11.3 Å². The van der Waals surface area contributed by atoms with Gasteiger partial charge in [0.15, 0.2) is 15.3 Å². The van der Waals surface area contributed by atoms with Crippen molar-refractivity contribution in [2.24, 2.45) is 0 Å². The smallest absolute Gasteiger partial charge is 0.335 e. The van der Waals surface area contributed by atoms with Gasteiger partial charge in [-0.3, -0.25) is 14.9 Å². The molecule has 126 valence electrons. The standard InChI is InChI=1S/C16H9IN2O6/c17-13-4-2-9(25-13)6-10-14(20)18-16(22)19(15(10)21)8-1-3-11-12(5-8)24-7-23-11/h1-6H,7H2,(H,18,20,22)/b10-6+. The van der Waals surface area contributed by atoms with E-state index in [1.807, 2.05) is 22.6 Å². The molecule has 0 unspecified atom stereocenters. The molecule has 4 rings (SSSR count). The zero-order chi connectivity index (χ0) is 17.6. The molecule has 3 heterocycles. The number of anilines is 1. The number of carbonyl (C=O) groups excluding carboxylic acids is 3. The van der Waals surface area contributed by atoms with Crippen LogP contribution in [0.3, 0.4) is 0 Å². The van der Waals surface area contributed by atoms with Crippen molar-refractivity contribution in [2.45, 2.75) is 0 Å². The summed E-state index contributed by atoms with van der Waals surface area (Å²) < 4.78 is 16.4. The van der Waals surface area contributed by atoms with E-state index in [9.17, 15) is 14.4 Å². The van der Waals surface area contributed by atoms with Crippen molar-refractivity contribution in [1.29, 1.82) is 0 Å². The van der Waals surface area contributed by atoms with E-state index in [4.69, 9.17) is 13.9 Å². The number of barbiturate groups is 1. The fourth-order valence-electron chi connectivity index (χ4n) is 2.46. The Hall–Kier alpha value is -2.82. The Morgan fingerprint density at radius 2 is 1.88 bits per heavy atom. The molecule has 0 radical (unpaired) electrons. The molecular formula is C16H9IN2O6. The van der Waals surface area contributed by atoms with E-state index in [2.05, 4.69) is 5.32 Å². The summed E-state index contributed by atoms with van der Waals surface area (Å²) in [5.41, 5.74) is 0.0576. The SMILES string of the molecule is O=C1NC(=O)N(c2ccc3c(c2)OCO3)C(=O)/C1=C/c1ccc(I)o1. The Balaban J connectivity index is 1.72. The first-order chi connectivity index (χ1) is 12.0. The highest BCUT2D eigenvalue weighted by Gasteiger charge is 2.37. The molecule has 2 aliphatic rings. The van der Waals surface area contributed by atoms with Gasteiger partial charge in [-0.05, 0) is 52.9 Å². The van der Waals surface area contributed by atoms with E-state index in [-0.39, 0.29) is 18.1 Å². The Bertz CT molecular complexity index is 948. The minimum absolute atomic E-state index is 0.0691. The first-order valence-corrected chi connectivity index (χ1v) is 8.17. The average molecular weight is 452 g/mol. The second-order valence-electron chi connectivity index (χ2n) is 5.14. The molecule has 1 aromatic carbocycles. The van der Waals surface area contributed by atoms with Gasteiger partial charge in [-0.2, -0.15) is 0 Å². The summed E-state index contributed by atoms with van der Waals surface area (Å²) in [5, 5.41) is 2.15. The number of carbonyl (C=O) groups is 3. The van der Waals surface area contributed by atoms with Gasteiger partial charge in [-0.15, -0.1) is 0 Å². The molecule has 1 N–H and O–H groups in total. The van der Waals surface area contributed by atoms with Gasteiger partial charge in [0.25, 0.3) is 11.8 Å². The van der Waals surface area contributed by atoms with Crippen molar-refractivity contribution in [2.75, 3.05) is 11.7 Å². The number of hydrogen-bond acceptors (Lipinski definition) is 6. The zero-order valence-corrected chi connectivity index (χ0v) is 14.6. The Labute approximate surface area is 154 Å². The van der Waals surface area contributed by atoms with Gasteiger partial charge in [0.05, 0.1) is 5.69 Å². The summed E-state index contributed by atoms with van der Waals surface area (Å²) >= 11 is 1.97. The fraction of sp³-hybridized carbons (Fsp3) is 0.0625. The largest absolute Gasteiger partial charge is 0.454 e. The molecular weight excluding hydrogens is 443 g/mol. The number of nitrogens with zero attached hydrogens (tertiary/aromatic N) is 1. The minimum Gasteiger partial charge on any atom is -0.454 e. The average Bonchev–Trinajstić information content (AvgIpc) is 3.19. The lowest BCUT2D eigenvalue weighted by atomic mass is 10.1. The van der Waals surface area contributed by atoms with Crippen molar-refractivity contribution in [3.05, 3.63) is 45.4 Å². The summed E-state index contributed by atoms with van der Waals surface area (Å²) in [6.07, 6.45) is 1.30. The molecule has 0 aliphatic carbocycles. The van der Waals surface area contributed by atoms with Crippen LogP contribution in [0.4, 0.5) is 10.5 Å².